The zero-order valence-corrected chi connectivity index (χ0v) is 11.6. The Labute approximate surface area is 122 Å². The van der Waals surface area contributed by atoms with Crippen molar-refractivity contribution in [2.75, 3.05) is 19.6 Å². The maximum Gasteiger partial charge on any atom is 0.321 e. The molecular formula is C13H18N4O4. The van der Waals surface area contributed by atoms with Crippen molar-refractivity contribution in [2.24, 2.45) is 0 Å². The van der Waals surface area contributed by atoms with Gasteiger partial charge in [0.05, 0.1) is 18.9 Å². The van der Waals surface area contributed by atoms with Crippen LogP contribution in [0.15, 0.2) is 0 Å². The summed E-state index contributed by atoms with van der Waals surface area (Å²) in [5.41, 5.74) is 0. The van der Waals surface area contributed by atoms with E-state index in [9.17, 15) is 14.4 Å². The lowest BCUT2D eigenvalue weighted by Gasteiger charge is -2.37. The average molecular weight is 294 g/mol. The zero-order valence-electron chi connectivity index (χ0n) is 11.6. The van der Waals surface area contributed by atoms with E-state index in [2.05, 4.69) is 5.32 Å². The van der Waals surface area contributed by atoms with E-state index >= 15 is 0 Å². The van der Waals surface area contributed by atoms with Crippen molar-refractivity contribution in [1.82, 2.24) is 15.1 Å². The predicted octanol–water partition coefficient (Wildman–Crippen LogP) is -0.240. The quantitative estimate of drug-likeness (QED) is 0.726. The van der Waals surface area contributed by atoms with Crippen LogP contribution in [0.5, 0.6) is 0 Å². The summed E-state index contributed by atoms with van der Waals surface area (Å²) in [4.78, 5) is 38.2. The van der Waals surface area contributed by atoms with E-state index in [-0.39, 0.29) is 25.0 Å². The molecule has 0 aromatic rings. The molecule has 2 rings (SSSR count). The number of carboxylic acids is 1. The highest BCUT2D eigenvalue weighted by molar-refractivity contribution is 5.91. The molecule has 1 atom stereocenters. The number of nitrogens with zero attached hydrogens (tertiary/aromatic N) is 3. The normalized spacial score (nSPS) is 21.4. The molecule has 21 heavy (non-hydrogen) atoms. The van der Waals surface area contributed by atoms with Crippen molar-refractivity contribution >= 4 is 17.9 Å². The molecule has 114 valence electrons. The van der Waals surface area contributed by atoms with Crippen LogP contribution < -0.4 is 5.32 Å². The van der Waals surface area contributed by atoms with Crippen molar-refractivity contribution < 1.29 is 19.5 Å². The molecule has 2 N–H and O–H groups in total. The molecule has 8 nitrogen and oxygen atoms in total. The van der Waals surface area contributed by atoms with Crippen LogP contribution in [0.3, 0.4) is 0 Å². The first-order valence-electron chi connectivity index (χ1n) is 6.98. The van der Waals surface area contributed by atoms with Gasteiger partial charge in [0.25, 0.3) is 0 Å². The summed E-state index contributed by atoms with van der Waals surface area (Å²) in [5, 5.41) is 20.2. The first kappa shape index (κ1) is 15.1. The van der Waals surface area contributed by atoms with E-state index < -0.39 is 24.3 Å². The lowest BCUT2D eigenvalue weighted by molar-refractivity contribution is -0.142. The van der Waals surface area contributed by atoms with Gasteiger partial charge < -0.3 is 20.2 Å². The number of urea groups is 1. The average Bonchev–Trinajstić information content (AvgIpc) is 3.25. The standard InChI is InChI=1S/C13H18N4O4/c14-4-1-6-16(9-2-3-9)13(21)17-7-5-15-12(20)10(17)8-11(18)19/h9-10H,1-3,5-8H2,(H,15,20)(H,18,19). The molecule has 0 bridgehead atoms. The number of carbonyl (C=O) groups excluding carboxylic acids is 2. The van der Waals surface area contributed by atoms with Gasteiger partial charge >= 0.3 is 12.0 Å². The summed E-state index contributed by atoms with van der Waals surface area (Å²) >= 11 is 0. The first-order valence-corrected chi connectivity index (χ1v) is 6.98. The molecule has 1 heterocycles. The molecule has 2 fully saturated rings. The number of carbonyl (C=O) groups is 3. The molecular weight excluding hydrogens is 276 g/mol. The third-order valence-electron chi connectivity index (χ3n) is 3.64. The van der Waals surface area contributed by atoms with Gasteiger partial charge in [0.2, 0.25) is 5.91 Å². The van der Waals surface area contributed by atoms with Crippen LogP contribution in [-0.4, -0.2) is 64.5 Å². The van der Waals surface area contributed by atoms with Gasteiger partial charge in [-0.25, -0.2) is 4.79 Å². The minimum Gasteiger partial charge on any atom is -0.481 e. The second kappa shape index (κ2) is 6.43. The minimum absolute atomic E-state index is 0.112. The van der Waals surface area contributed by atoms with Crippen LogP contribution in [0.4, 0.5) is 4.79 Å². The Morgan fingerprint density at radius 1 is 1.48 bits per heavy atom. The van der Waals surface area contributed by atoms with Crippen molar-refractivity contribution in [2.45, 2.75) is 37.8 Å². The number of aliphatic carboxylic acids is 1. The van der Waals surface area contributed by atoms with Gasteiger partial charge in [0, 0.05) is 25.7 Å². The number of rotatable bonds is 5. The number of hydrogen-bond acceptors (Lipinski definition) is 4. The fraction of sp³-hybridized carbons (Fsp3) is 0.692. The van der Waals surface area contributed by atoms with Gasteiger partial charge in [-0.15, -0.1) is 0 Å². The minimum atomic E-state index is -1.12. The molecule has 1 aliphatic heterocycles. The Balaban J connectivity index is 2.11. The van der Waals surface area contributed by atoms with Gasteiger partial charge in [-0.3, -0.25) is 9.59 Å². The Morgan fingerprint density at radius 2 is 2.19 bits per heavy atom. The summed E-state index contributed by atoms with van der Waals surface area (Å²) in [6.45, 7) is 0.924. The molecule has 1 unspecified atom stereocenters. The van der Waals surface area contributed by atoms with Crippen molar-refractivity contribution in [3.63, 3.8) is 0 Å². The highest BCUT2D eigenvalue weighted by atomic mass is 16.4. The predicted molar refractivity (Wildman–Crippen MR) is 71.1 cm³/mol. The number of carboxylic acid groups (broad SMARTS) is 1. The fourth-order valence-electron chi connectivity index (χ4n) is 2.47. The highest BCUT2D eigenvalue weighted by Crippen LogP contribution is 2.28. The van der Waals surface area contributed by atoms with Crippen LogP contribution in [-0.2, 0) is 9.59 Å². The van der Waals surface area contributed by atoms with E-state index in [1.54, 1.807) is 4.90 Å². The fourth-order valence-corrected chi connectivity index (χ4v) is 2.47. The molecule has 1 aliphatic carbocycles. The van der Waals surface area contributed by atoms with Crippen LogP contribution in [0.2, 0.25) is 0 Å². The van der Waals surface area contributed by atoms with Gasteiger partial charge in [0.1, 0.15) is 6.04 Å². The Hall–Kier alpha value is -2.30. The maximum atomic E-state index is 12.6. The first-order chi connectivity index (χ1) is 10.0. The van der Waals surface area contributed by atoms with Crippen LogP contribution in [0.1, 0.15) is 25.7 Å². The van der Waals surface area contributed by atoms with Crippen LogP contribution in [0.25, 0.3) is 0 Å². The number of hydrogen-bond donors (Lipinski definition) is 2. The van der Waals surface area contributed by atoms with Gasteiger partial charge in [-0.2, -0.15) is 5.26 Å². The summed E-state index contributed by atoms with van der Waals surface area (Å²) in [5.74, 6) is -1.56. The van der Waals surface area contributed by atoms with Gasteiger partial charge in [0.15, 0.2) is 0 Å². The molecule has 2 aliphatic rings. The van der Waals surface area contributed by atoms with Crippen molar-refractivity contribution in [1.29, 1.82) is 5.26 Å². The molecule has 0 aromatic heterocycles. The molecule has 3 amide bonds. The van der Waals surface area contributed by atoms with Crippen LogP contribution in [0, 0.1) is 11.3 Å². The van der Waals surface area contributed by atoms with E-state index in [4.69, 9.17) is 10.4 Å². The monoisotopic (exact) mass is 294 g/mol. The molecule has 0 aromatic carbocycles. The summed E-state index contributed by atoms with van der Waals surface area (Å²) < 4.78 is 0. The van der Waals surface area contributed by atoms with Gasteiger partial charge in [-0.05, 0) is 12.8 Å². The smallest absolute Gasteiger partial charge is 0.321 e. The Kier molecular flexibility index (Phi) is 4.62. The van der Waals surface area contributed by atoms with Crippen molar-refractivity contribution in [3.05, 3.63) is 0 Å². The Bertz CT molecular complexity index is 483. The highest BCUT2D eigenvalue weighted by Gasteiger charge is 2.40. The summed E-state index contributed by atoms with van der Waals surface area (Å²) in [7, 11) is 0. The zero-order chi connectivity index (χ0) is 15.4. The van der Waals surface area contributed by atoms with E-state index in [1.807, 2.05) is 6.07 Å². The van der Waals surface area contributed by atoms with Crippen LogP contribution >= 0.6 is 0 Å². The molecule has 8 heteroatoms. The maximum absolute atomic E-state index is 12.6. The van der Waals surface area contributed by atoms with E-state index in [0.717, 1.165) is 12.8 Å². The molecule has 0 spiro atoms. The lowest BCUT2D eigenvalue weighted by atomic mass is 10.1. The third kappa shape index (κ3) is 3.62. The topological polar surface area (TPSA) is 114 Å². The SMILES string of the molecule is N#CCCN(C(=O)N1CCNC(=O)C1CC(=O)O)C1CC1. The van der Waals surface area contributed by atoms with E-state index in [1.165, 1.54) is 4.90 Å². The van der Waals surface area contributed by atoms with E-state index in [0.29, 0.717) is 13.1 Å². The Morgan fingerprint density at radius 3 is 2.76 bits per heavy atom. The molecule has 1 saturated heterocycles. The summed E-state index contributed by atoms with van der Waals surface area (Å²) in [6, 6.07) is 0.799. The third-order valence-corrected chi connectivity index (χ3v) is 3.64. The second-order valence-electron chi connectivity index (χ2n) is 5.21. The number of piperazine rings is 1. The lowest BCUT2D eigenvalue weighted by Crippen LogP contribution is -2.60. The number of nitrogens with one attached hydrogen (secondary N) is 1. The van der Waals surface area contributed by atoms with Crippen molar-refractivity contribution in [3.8, 4) is 6.07 Å². The second-order valence-corrected chi connectivity index (χ2v) is 5.21. The largest absolute Gasteiger partial charge is 0.481 e. The molecule has 0 radical (unpaired) electrons. The molecule has 1 saturated carbocycles. The summed E-state index contributed by atoms with van der Waals surface area (Å²) in [6.07, 6.45) is 1.60. The van der Waals surface area contributed by atoms with Gasteiger partial charge in [-0.1, -0.05) is 0 Å². The number of amides is 3. The number of nitriles is 1.